The number of benzene rings is 2. The van der Waals surface area contributed by atoms with Crippen LogP contribution in [0.3, 0.4) is 0 Å². The summed E-state index contributed by atoms with van der Waals surface area (Å²) in [5.41, 5.74) is 1.88. The van der Waals surface area contributed by atoms with Crippen LogP contribution in [0.25, 0.3) is 0 Å². The summed E-state index contributed by atoms with van der Waals surface area (Å²) >= 11 is 18.6. The molecule has 0 aliphatic carbocycles. The first-order chi connectivity index (χ1) is 13.7. The third-order valence-electron chi connectivity index (χ3n) is 6.21. The Morgan fingerprint density at radius 3 is 2.23 bits per heavy atom. The Balaban J connectivity index is 0.00000320. The third kappa shape index (κ3) is 5.83. The molecule has 2 aromatic rings. The van der Waals surface area contributed by atoms with E-state index in [1.54, 1.807) is 11.0 Å². The number of likely N-dealkylation sites (tertiary alicyclic amines) is 1. The Morgan fingerprint density at radius 1 is 1.07 bits per heavy atom. The second kappa shape index (κ2) is 10.6. The first-order valence-corrected chi connectivity index (χ1v) is 11.0. The van der Waals surface area contributed by atoms with Crippen LogP contribution < -0.4 is 0 Å². The van der Waals surface area contributed by atoms with Gasteiger partial charge in [-0.25, -0.2) is 0 Å². The fourth-order valence-electron chi connectivity index (χ4n) is 4.10. The highest BCUT2D eigenvalue weighted by molar-refractivity contribution is 6.34. The largest absolute Gasteiger partial charge is 0.339 e. The van der Waals surface area contributed by atoms with Gasteiger partial charge < -0.3 is 9.80 Å². The number of amides is 1. The molecule has 1 fully saturated rings. The number of halogens is 4. The van der Waals surface area contributed by atoms with Crippen molar-refractivity contribution in [1.29, 1.82) is 0 Å². The molecule has 164 valence electrons. The normalized spacial score (nSPS) is 17.1. The van der Waals surface area contributed by atoms with Gasteiger partial charge in [0, 0.05) is 34.0 Å². The first-order valence-electron chi connectivity index (χ1n) is 9.86. The summed E-state index contributed by atoms with van der Waals surface area (Å²) in [5, 5.41) is 1.86. The highest BCUT2D eigenvalue weighted by Gasteiger charge is 2.38. The molecule has 7 heteroatoms. The minimum atomic E-state index is -0.200. The van der Waals surface area contributed by atoms with Gasteiger partial charge >= 0.3 is 0 Å². The van der Waals surface area contributed by atoms with E-state index in [9.17, 15) is 4.79 Å². The fourth-order valence-corrected chi connectivity index (χ4v) is 4.84. The summed E-state index contributed by atoms with van der Waals surface area (Å²) in [5.74, 6) is 0.109. The van der Waals surface area contributed by atoms with Crippen LogP contribution in [0.1, 0.15) is 43.4 Å². The molecule has 1 amide bonds. The molecule has 0 spiro atoms. The van der Waals surface area contributed by atoms with E-state index in [0.29, 0.717) is 21.5 Å². The maximum absolute atomic E-state index is 13.4. The number of rotatable bonds is 5. The van der Waals surface area contributed by atoms with Crippen LogP contribution in [-0.4, -0.2) is 42.9 Å². The predicted octanol–water partition coefficient (Wildman–Crippen LogP) is 6.64. The molecule has 0 bridgehead atoms. The second-order valence-electron chi connectivity index (χ2n) is 8.15. The summed E-state index contributed by atoms with van der Waals surface area (Å²) in [6.45, 7) is 3.92. The number of carbonyl (C=O) groups is 1. The molecule has 1 aliphatic heterocycles. The zero-order valence-electron chi connectivity index (χ0n) is 17.5. The SMILES string of the molecule is CC(c1cc(Cl)cc(Cl)c1)N(C)C(=O)CC1(c2cccc(Cl)c2)CCN(C)CC1.Cl. The van der Waals surface area contributed by atoms with Crippen molar-refractivity contribution in [2.24, 2.45) is 0 Å². The summed E-state index contributed by atoms with van der Waals surface area (Å²) < 4.78 is 0. The minimum Gasteiger partial charge on any atom is -0.339 e. The van der Waals surface area contributed by atoms with Crippen molar-refractivity contribution < 1.29 is 4.79 Å². The van der Waals surface area contributed by atoms with Gasteiger partial charge in [0.05, 0.1) is 6.04 Å². The van der Waals surface area contributed by atoms with Crippen molar-refractivity contribution in [3.63, 3.8) is 0 Å². The van der Waals surface area contributed by atoms with Gasteiger partial charge in [-0.1, -0.05) is 46.9 Å². The van der Waals surface area contributed by atoms with E-state index in [1.807, 2.05) is 44.3 Å². The van der Waals surface area contributed by atoms with E-state index < -0.39 is 0 Å². The molecule has 3 rings (SSSR count). The van der Waals surface area contributed by atoms with Crippen LogP contribution in [-0.2, 0) is 10.2 Å². The molecule has 0 radical (unpaired) electrons. The van der Waals surface area contributed by atoms with Crippen molar-refractivity contribution in [2.75, 3.05) is 27.2 Å². The van der Waals surface area contributed by atoms with Crippen LogP contribution in [0.2, 0.25) is 15.1 Å². The number of nitrogens with zero attached hydrogens (tertiary/aromatic N) is 2. The molecule has 0 saturated carbocycles. The van der Waals surface area contributed by atoms with E-state index >= 15 is 0 Å². The lowest BCUT2D eigenvalue weighted by atomic mass is 9.70. The van der Waals surface area contributed by atoms with Crippen molar-refractivity contribution >= 4 is 53.1 Å². The summed E-state index contributed by atoms with van der Waals surface area (Å²) in [6.07, 6.45) is 2.32. The Kier molecular flexibility index (Phi) is 8.91. The van der Waals surface area contributed by atoms with Gasteiger partial charge in [0.1, 0.15) is 0 Å². The molecular weight excluding hydrogens is 462 g/mol. The van der Waals surface area contributed by atoms with E-state index in [-0.39, 0.29) is 29.8 Å². The van der Waals surface area contributed by atoms with E-state index in [2.05, 4.69) is 18.0 Å². The number of carbonyl (C=O) groups excluding carboxylic acids is 1. The van der Waals surface area contributed by atoms with Gasteiger partial charge in [0.25, 0.3) is 0 Å². The van der Waals surface area contributed by atoms with Crippen LogP contribution in [0.15, 0.2) is 42.5 Å². The average Bonchev–Trinajstić information content (AvgIpc) is 2.68. The van der Waals surface area contributed by atoms with Crippen molar-refractivity contribution in [3.05, 3.63) is 68.7 Å². The molecule has 2 aromatic carbocycles. The topological polar surface area (TPSA) is 23.6 Å². The molecule has 30 heavy (non-hydrogen) atoms. The lowest BCUT2D eigenvalue weighted by Gasteiger charge is -2.42. The highest BCUT2D eigenvalue weighted by Crippen LogP contribution is 2.40. The van der Waals surface area contributed by atoms with Gasteiger partial charge in [-0.15, -0.1) is 12.4 Å². The molecule has 0 aromatic heterocycles. The molecule has 1 atom stereocenters. The molecule has 3 nitrogen and oxygen atoms in total. The Hall–Kier alpha value is -0.970. The van der Waals surface area contributed by atoms with Crippen molar-refractivity contribution in [3.8, 4) is 0 Å². The van der Waals surface area contributed by atoms with Gasteiger partial charge in [-0.2, -0.15) is 0 Å². The quantitative estimate of drug-likeness (QED) is 0.469. The molecule has 1 saturated heterocycles. The number of hydrogen-bond donors (Lipinski definition) is 0. The zero-order valence-corrected chi connectivity index (χ0v) is 20.6. The Labute approximate surface area is 200 Å². The lowest BCUT2D eigenvalue weighted by molar-refractivity contribution is -0.133. The molecule has 1 unspecified atom stereocenters. The number of hydrogen-bond acceptors (Lipinski definition) is 2. The van der Waals surface area contributed by atoms with E-state index in [1.165, 1.54) is 0 Å². The second-order valence-corrected chi connectivity index (χ2v) is 9.46. The molecular formula is C23H28Cl4N2O. The maximum atomic E-state index is 13.4. The third-order valence-corrected chi connectivity index (χ3v) is 6.88. The monoisotopic (exact) mass is 488 g/mol. The van der Waals surface area contributed by atoms with Gasteiger partial charge in [-0.05, 0) is 81.4 Å². The first kappa shape index (κ1) is 25.3. The van der Waals surface area contributed by atoms with Crippen LogP contribution in [0, 0.1) is 0 Å². The Morgan fingerprint density at radius 2 is 1.67 bits per heavy atom. The van der Waals surface area contributed by atoms with Gasteiger partial charge in [0.2, 0.25) is 5.91 Å². The molecule has 1 heterocycles. The Bertz CT molecular complexity index is 861. The maximum Gasteiger partial charge on any atom is 0.223 e. The van der Waals surface area contributed by atoms with Crippen molar-refractivity contribution in [1.82, 2.24) is 9.80 Å². The van der Waals surface area contributed by atoms with Gasteiger partial charge in [0.15, 0.2) is 0 Å². The van der Waals surface area contributed by atoms with Crippen LogP contribution in [0.5, 0.6) is 0 Å². The standard InChI is InChI=1S/C23H27Cl3N2O.ClH/c1-16(17-11-20(25)14-21(26)12-17)28(3)22(29)15-23(7-9-27(2)10-8-23)18-5-4-6-19(24)13-18;/h4-6,11-14,16H,7-10,15H2,1-3H3;1H. The van der Waals surface area contributed by atoms with Gasteiger partial charge in [-0.3, -0.25) is 4.79 Å². The van der Waals surface area contributed by atoms with Crippen molar-refractivity contribution in [2.45, 2.75) is 37.6 Å². The lowest BCUT2D eigenvalue weighted by Crippen LogP contribution is -2.44. The van der Waals surface area contributed by atoms with Crippen LogP contribution in [0.4, 0.5) is 0 Å². The molecule has 0 N–H and O–H groups in total. The van der Waals surface area contributed by atoms with E-state index in [0.717, 1.165) is 37.1 Å². The highest BCUT2D eigenvalue weighted by atomic mass is 35.5. The minimum absolute atomic E-state index is 0. The predicted molar refractivity (Wildman–Crippen MR) is 129 cm³/mol. The smallest absolute Gasteiger partial charge is 0.223 e. The molecule has 1 aliphatic rings. The number of piperidine rings is 1. The summed E-state index contributed by atoms with van der Waals surface area (Å²) in [4.78, 5) is 17.5. The average molecular weight is 490 g/mol. The summed E-state index contributed by atoms with van der Waals surface area (Å²) in [7, 11) is 3.98. The zero-order chi connectivity index (χ0) is 21.2. The van der Waals surface area contributed by atoms with Crippen LogP contribution >= 0.6 is 47.2 Å². The summed E-state index contributed by atoms with van der Waals surface area (Å²) in [6, 6.07) is 13.3. The van der Waals surface area contributed by atoms with E-state index in [4.69, 9.17) is 34.8 Å². The fraction of sp³-hybridized carbons (Fsp3) is 0.435.